The number of anilines is 2. The third-order valence-electron chi connectivity index (χ3n) is 5.51. The molecule has 1 atom stereocenters. The molecule has 0 radical (unpaired) electrons. The van der Waals surface area contributed by atoms with Crippen LogP contribution in [0.3, 0.4) is 0 Å². The molecule has 0 unspecified atom stereocenters. The van der Waals surface area contributed by atoms with Crippen molar-refractivity contribution in [3.63, 3.8) is 0 Å². The van der Waals surface area contributed by atoms with Gasteiger partial charge in [0.25, 0.3) is 0 Å². The summed E-state index contributed by atoms with van der Waals surface area (Å²) in [6.07, 6.45) is 5.15. The smallest absolute Gasteiger partial charge is 0.145 e. The number of nitrogens with zero attached hydrogens (tertiary/aromatic N) is 4. The van der Waals surface area contributed by atoms with E-state index in [1.807, 2.05) is 75.5 Å². The molecule has 0 amide bonds. The molecule has 7 nitrogen and oxygen atoms in total. The molecule has 35 heavy (non-hydrogen) atoms. The zero-order valence-electron chi connectivity index (χ0n) is 20.7. The first kappa shape index (κ1) is 24.2. The molecule has 0 fully saturated rings. The average molecular weight is 470 g/mol. The van der Waals surface area contributed by atoms with Gasteiger partial charge in [-0.2, -0.15) is 0 Å². The fourth-order valence-electron chi connectivity index (χ4n) is 3.88. The van der Waals surface area contributed by atoms with Crippen molar-refractivity contribution in [3.8, 4) is 17.2 Å². The molecule has 4 rings (SSSR count). The van der Waals surface area contributed by atoms with E-state index in [1.54, 1.807) is 12.5 Å². The second-order valence-corrected chi connectivity index (χ2v) is 8.65. The first-order valence-electron chi connectivity index (χ1n) is 11.6. The van der Waals surface area contributed by atoms with Gasteiger partial charge in [0.2, 0.25) is 0 Å². The van der Waals surface area contributed by atoms with Crippen LogP contribution in [0.1, 0.15) is 18.2 Å². The average Bonchev–Trinajstić information content (AvgIpc) is 2.82. The number of aromatic nitrogens is 3. The zero-order chi connectivity index (χ0) is 24.8. The van der Waals surface area contributed by atoms with Crippen molar-refractivity contribution >= 4 is 22.4 Å². The monoisotopic (exact) mass is 469 g/mol. The predicted octanol–water partition coefficient (Wildman–Crippen LogP) is 6.06. The van der Waals surface area contributed by atoms with Gasteiger partial charge >= 0.3 is 0 Å². The number of hydrogen-bond acceptors (Lipinski definition) is 7. The molecule has 2 aromatic heterocycles. The highest BCUT2D eigenvalue weighted by Crippen LogP contribution is 2.33. The lowest BCUT2D eigenvalue weighted by molar-refractivity contribution is 0.171. The first-order valence-corrected chi connectivity index (χ1v) is 11.6. The van der Waals surface area contributed by atoms with E-state index in [2.05, 4.69) is 38.7 Å². The molecule has 1 N–H and O–H groups in total. The zero-order valence-corrected chi connectivity index (χ0v) is 20.7. The summed E-state index contributed by atoms with van der Waals surface area (Å²) in [5, 5.41) is 4.28. The summed E-state index contributed by atoms with van der Waals surface area (Å²) in [6.45, 7) is 11.4. The lowest BCUT2D eigenvalue weighted by atomic mass is 10.1. The van der Waals surface area contributed by atoms with E-state index in [0.29, 0.717) is 11.6 Å². The molecular formula is C28H31N5O2. The fourth-order valence-corrected chi connectivity index (χ4v) is 3.88. The first-order chi connectivity index (χ1) is 16.9. The van der Waals surface area contributed by atoms with Crippen LogP contribution in [0, 0.1) is 13.8 Å². The van der Waals surface area contributed by atoms with Gasteiger partial charge in [-0.25, -0.2) is 9.97 Å². The van der Waals surface area contributed by atoms with Crippen molar-refractivity contribution in [1.82, 2.24) is 19.9 Å². The standard InChI is InChI=1S/C28H31N5O2/c1-6-14-33(5)17-21(4)34-26-9-7-8-24-27(26)28(31-18-30-24)32-22-11-13-25(19(2)15-22)35-23-12-10-20(3)29-16-23/h6-13,15-16,18,21H,1,14,17H2,2-5H3,(H,30,31,32)/t21-/m1/s1. The Morgan fingerprint density at radius 2 is 1.91 bits per heavy atom. The third kappa shape index (κ3) is 6.13. The van der Waals surface area contributed by atoms with Gasteiger partial charge in [-0.3, -0.25) is 9.88 Å². The second-order valence-electron chi connectivity index (χ2n) is 8.65. The van der Waals surface area contributed by atoms with Crippen LogP contribution in [0.4, 0.5) is 11.5 Å². The van der Waals surface area contributed by atoms with Gasteiger partial charge in [0.05, 0.1) is 17.1 Å². The minimum Gasteiger partial charge on any atom is -0.489 e. The molecule has 7 heteroatoms. The number of nitrogens with one attached hydrogen (secondary N) is 1. The van der Waals surface area contributed by atoms with Gasteiger partial charge in [0, 0.05) is 24.5 Å². The van der Waals surface area contributed by atoms with Crippen LogP contribution in [0.25, 0.3) is 10.9 Å². The summed E-state index contributed by atoms with van der Waals surface area (Å²) in [6, 6.07) is 15.6. The highest BCUT2D eigenvalue weighted by Gasteiger charge is 2.14. The third-order valence-corrected chi connectivity index (χ3v) is 5.51. The van der Waals surface area contributed by atoms with Crippen molar-refractivity contribution in [3.05, 3.63) is 85.0 Å². The molecule has 0 saturated carbocycles. The van der Waals surface area contributed by atoms with Crippen LogP contribution < -0.4 is 14.8 Å². The van der Waals surface area contributed by atoms with Crippen molar-refractivity contribution in [2.24, 2.45) is 0 Å². The quantitative estimate of drug-likeness (QED) is 0.283. The van der Waals surface area contributed by atoms with E-state index in [4.69, 9.17) is 9.47 Å². The van der Waals surface area contributed by atoms with Gasteiger partial charge in [0.1, 0.15) is 35.5 Å². The molecule has 0 saturated heterocycles. The summed E-state index contributed by atoms with van der Waals surface area (Å²) in [4.78, 5) is 15.4. The minimum atomic E-state index is -0.0199. The minimum absolute atomic E-state index is 0.0199. The second kappa shape index (κ2) is 11.0. The van der Waals surface area contributed by atoms with E-state index in [1.165, 1.54) is 0 Å². The summed E-state index contributed by atoms with van der Waals surface area (Å²) in [5.74, 6) is 2.91. The highest BCUT2D eigenvalue weighted by atomic mass is 16.5. The summed E-state index contributed by atoms with van der Waals surface area (Å²) >= 11 is 0. The number of ether oxygens (including phenoxy) is 2. The lowest BCUT2D eigenvalue weighted by Crippen LogP contribution is -2.31. The van der Waals surface area contributed by atoms with E-state index in [9.17, 15) is 0 Å². The van der Waals surface area contributed by atoms with Crippen LogP contribution in [0.2, 0.25) is 0 Å². The Balaban J connectivity index is 1.56. The van der Waals surface area contributed by atoms with Gasteiger partial charge in [0.15, 0.2) is 0 Å². The molecule has 2 aromatic carbocycles. The molecule has 180 valence electrons. The van der Waals surface area contributed by atoms with Crippen LogP contribution in [0.15, 0.2) is 73.7 Å². The van der Waals surface area contributed by atoms with Crippen molar-refractivity contribution < 1.29 is 9.47 Å². The van der Waals surface area contributed by atoms with Crippen LogP contribution in [-0.2, 0) is 0 Å². The Morgan fingerprint density at radius 3 is 2.66 bits per heavy atom. The van der Waals surface area contributed by atoms with Crippen molar-refractivity contribution in [1.29, 1.82) is 0 Å². The molecular weight excluding hydrogens is 438 g/mol. The predicted molar refractivity (Wildman–Crippen MR) is 141 cm³/mol. The highest BCUT2D eigenvalue weighted by molar-refractivity contribution is 5.95. The Bertz CT molecular complexity index is 1300. The SMILES string of the molecule is C=CCN(C)C[C@@H](C)Oc1cccc2ncnc(Nc3ccc(Oc4ccc(C)nc4)c(C)c3)c12. The van der Waals surface area contributed by atoms with E-state index in [-0.39, 0.29) is 6.10 Å². The Morgan fingerprint density at radius 1 is 1.06 bits per heavy atom. The summed E-state index contributed by atoms with van der Waals surface area (Å²) in [7, 11) is 2.05. The van der Waals surface area contributed by atoms with Crippen molar-refractivity contribution in [2.75, 3.05) is 25.5 Å². The molecule has 0 aliphatic carbocycles. The molecule has 0 aliphatic rings. The Labute approximate surface area is 206 Å². The van der Waals surface area contributed by atoms with Gasteiger partial charge in [-0.1, -0.05) is 12.1 Å². The van der Waals surface area contributed by atoms with E-state index >= 15 is 0 Å². The molecule has 0 aliphatic heterocycles. The Kier molecular flexibility index (Phi) is 7.57. The molecule has 2 heterocycles. The Hall–Kier alpha value is -3.97. The van der Waals surface area contributed by atoms with Crippen molar-refractivity contribution in [2.45, 2.75) is 26.9 Å². The van der Waals surface area contributed by atoms with Crippen LogP contribution >= 0.6 is 0 Å². The maximum atomic E-state index is 6.32. The van der Waals surface area contributed by atoms with Crippen LogP contribution in [0.5, 0.6) is 17.2 Å². The number of rotatable bonds is 10. The number of aryl methyl sites for hydroxylation is 2. The van der Waals surface area contributed by atoms with Crippen LogP contribution in [-0.4, -0.2) is 46.1 Å². The topological polar surface area (TPSA) is 72.4 Å². The number of fused-ring (bicyclic) bond motifs is 1. The summed E-state index contributed by atoms with van der Waals surface area (Å²) in [5.41, 5.74) is 3.65. The normalized spacial score (nSPS) is 11.9. The largest absolute Gasteiger partial charge is 0.489 e. The molecule has 0 spiro atoms. The number of pyridine rings is 1. The fraction of sp³-hybridized carbons (Fsp3) is 0.250. The van der Waals surface area contributed by atoms with Gasteiger partial charge < -0.3 is 14.8 Å². The number of benzene rings is 2. The van der Waals surface area contributed by atoms with Gasteiger partial charge in [-0.05, 0) is 75.8 Å². The van der Waals surface area contributed by atoms with Gasteiger partial charge in [-0.15, -0.1) is 6.58 Å². The molecule has 4 aromatic rings. The maximum absolute atomic E-state index is 6.32. The molecule has 0 bridgehead atoms. The van der Waals surface area contributed by atoms with E-state index < -0.39 is 0 Å². The lowest BCUT2D eigenvalue weighted by Gasteiger charge is -2.22. The van der Waals surface area contributed by atoms with E-state index in [0.717, 1.165) is 52.4 Å². The summed E-state index contributed by atoms with van der Waals surface area (Å²) < 4.78 is 12.3. The maximum Gasteiger partial charge on any atom is 0.145 e. The number of hydrogen-bond donors (Lipinski definition) is 1. The number of likely N-dealkylation sites (N-methyl/N-ethyl adjacent to an activating group) is 1.